The number of rotatable bonds is 0. The molecule has 0 heterocycles. The molecule has 1 aromatic rings. The lowest BCUT2D eigenvalue weighted by molar-refractivity contribution is -0.179. The van der Waals surface area contributed by atoms with Crippen molar-refractivity contribution in [3.05, 3.63) is 35.4 Å². The van der Waals surface area contributed by atoms with Crippen LogP contribution in [-0.4, -0.2) is 10.2 Å². The van der Waals surface area contributed by atoms with E-state index in [0.717, 1.165) is 18.4 Å². The van der Waals surface area contributed by atoms with E-state index in [9.17, 15) is 10.2 Å². The van der Waals surface area contributed by atoms with Gasteiger partial charge in [0, 0.05) is 12.0 Å². The van der Waals surface area contributed by atoms with Crippen molar-refractivity contribution in [2.45, 2.75) is 25.0 Å². The maximum absolute atomic E-state index is 9.58. The van der Waals surface area contributed by atoms with Crippen LogP contribution in [0.1, 0.15) is 24.0 Å². The van der Waals surface area contributed by atoms with Gasteiger partial charge in [0.1, 0.15) is 0 Å². The molecule has 0 fully saturated rings. The lowest BCUT2D eigenvalue weighted by Gasteiger charge is -2.29. The molecule has 0 unspecified atom stereocenters. The van der Waals surface area contributed by atoms with E-state index in [1.807, 2.05) is 18.2 Å². The van der Waals surface area contributed by atoms with Crippen LogP contribution in [0.25, 0.3) is 0 Å². The normalized spacial score (nSPS) is 18.6. The van der Waals surface area contributed by atoms with E-state index in [4.69, 9.17) is 0 Å². The molecule has 0 aromatic heterocycles. The molecule has 0 atom stereocenters. The van der Waals surface area contributed by atoms with Gasteiger partial charge in [-0.25, -0.2) is 0 Å². The fourth-order valence-electron chi connectivity index (χ4n) is 1.79. The molecule has 0 aliphatic heterocycles. The van der Waals surface area contributed by atoms with Crippen molar-refractivity contribution in [3.8, 4) is 0 Å². The Hall–Kier alpha value is -0.570. The molecule has 2 nitrogen and oxygen atoms in total. The van der Waals surface area contributed by atoms with Gasteiger partial charge in [-0.15, -0.1) is 12.4 Å². The Bertz CT molecular complexity index is 297. The smallest absolute Gasteiger partial charge is 0.190 e. The van der Waals surface area contributed by atoms with Gasteiger partial charge < -0.3 is 10.2 Å². The van der Waals surface area contributed by atoms with Crippen molar-refractivity contribution >= 4 is 12.4 Å². The molecule has 0 saturated heterocycles. The number of halogens is 1. The van der Waals surface area contributed by atoms with E-state index in [1.54, 1.807) is 6.07 Å². The fourth-order valence-corrected chi connectivity index (χ4v) is 1.79. The Morgan fingerprint density at radius 1 is 1.15 bits per heavy atom. The molecule has 72 valence electrons. The number of aryl methyl sites for hydroxylation is 1. The van der Waals surface area contributed by atoms with Gasteiger partial charge in [-0.3, -0.25) is 0 Å². The SMILES string of the molecule is Cl.OC1(O)CCCc2ccccc21. The van der Waals surface area contributed by atoms with Gasteiger partial charge in [0.15, 0.2) is 5.79 Å². The van der Waals surface area contributed by atoms with Crippen LogP contribution in [0.4, 0.5) is 0 Å². The van der Waals surface area contributed by atoms with Gasteiger partial charge in [0.25, 0.3) is 0 Å². The topological polar surface area (TPSA) is 40.5 Å². The summed E-state index contributed by atoms with van der Waals surface area (Å²) in [6, 6.07) is 7.51. The third kappa shape index (κ3) is 1.85. The minimum Gasteiger partial charge on any atom is -0.362 e. The summed E-state index contributed by atoms with van der Waals surface area (Å²) in [5, 5.41) is 19.2. The zero-order valence-corrected chi connectivity index (χ0v) is 8.05. The molecular weight excluding hydrogens is 188 g/mol. The zero-order valence-electron chi connectivity index (χ0n) is 7.23. The van der Waals surface area contributed by atoms with Crippen molar-refractivity contribution in [1.82, 2.24) is 0 Å². The fraction of sp³-hybridized carbons (Fsp3) is 0.400. The summed E-state index contributed by atoms with van der Waals surface area (Å²) in [7, 11) is 0. The van der Waals surface area contributed by atoms with Gasteiger partial charge in [0.2, 0.25) is 0 Å². The van der Waals surface area contributed by atoms with Crippen LogP contribution in [0.3, 0.4) is 0 Å². The molecular formula is C10H13ClO2. The second-order valence-electron chi connectivity index (χ2n) is 3.33. The van der Waals surface area contributed by atoms with E-state index in [-0.39, 0.29) is 12.4 Å². The molecule has 2 rings (SSSR count). The Labute approximate surface area is 83.6 Å². The number of aliphatic hydroxyl groups is 2. The summed E-state index contributed by atoms with van der Waals surface area (Å²) >= 11 is 0. The van der Waals surface area contributed by atoms with Gasteiger partial charge >= 0.3 is 0 Å². The van der Waals surface area contributed by atoms with E-state index in [0.29, 0.717) is 12.0 Å². The van der Waals surface area contributed by atoms with E-state index < -0.39 is 5.79 Å². The van der Waals surface area contributed by atoms with Crippen LogP contribution < -0.4 is 0 Å². The molecule has 3 heteroatoms. The summed E-state index contributed by atoms with van der Waals surface area (Å²) in [6.45, 7) is 0. The predicted octanol–water partition coefficient (Wildman–Crippen LogP) is 1.58. The van der Waals surface area contributed by atoms with Gasteiger partial charge in [0.05, 0.1) is 0 Å². The minimum atomic E-state index is -1.59. The monoisotopic (exact) mass is 200 g/mol. The van der Waals surface area contributed by atoms with Gasteiger partial charge in [-0.05, 0) is 18.4 Å². The van der Waals surface area contributed by atoms with Crippen LogP contribution in [0.15, 0.2) is 24.3 Å². The number of hydrogen-bond donors (Lipinski definition) is 2. The van der Waals surface area contributed by atoms with Crippen molar-refractivity contribution in [2.75, 3.05) is 0 Å². The highest BCUT2D eigenvalue weighted by Crippen LogP contribution is 2.32. The van der Waals surface area contributed by atoms with Crippen molar-refractivity contribution in [1.29, 1.82) is 0 Å². The second-order valence-corrected chi connectivity index (χ2v) is 3.33. The van der Waals surface area contributed by atoms with Crippen LogP contribution >= 0.6 is 12.4 Å². The molecule has 1 aliphatic carbocycles. The van der Waals surface area contributed by atoms with Crippen LogP contribution in [-0.2, 0) is 12.2 Å². The quantitative estimate of drug-likeness (QED) is 0.625. The van der Waals surface area contributed by atoms with E-state index in [1.165, 1.54) is 0 Å². The molecule has 1 aliphatic rings. The van der Waals surface area contributed by atoms with Gasteiger partial charge in [-0.1, -0.05) is 24.3 Å². The summed E-state index contributed by atoms with van der Waals surface area (Å²) in [6.07, 6.45) is 2.26. The third-order valence-corrected chi connectivity index (χ3v) is 2.42. The first-order valence-electron chi connectivity index (χ1n) is 4.23. The zero-order chi connectivity index (χ0) is 8.60. The summed E-state index contributed by atoms with van der Waals surface area (Å²) in [4.78, 5) is 0. The van der Waals surface area contributed by atoms with Gasteiger partial charge in [-0.2, -0.15) is 0 Å². The van der Waals surface area contributed by atoms with Crippen LogP contribution in [0.5, 0.6) is 0 Å². The minimum absolute atomic E-state index is 0. The molecule has 0 saturated carbocycles. The third-order valence-electron chi connectivity index (χ3n) is 2.42. The predicted molar refractivity (Wildman–Crippen MR) is 52.7 cm³/mol. The number of fused-ring (bicyclic) bond motifs is 1. The molecule has 13 heavy (non-hydrogen) atoms. The average Bonchev–Trinajstić information content (AvgIpc) is 2.04. The highest BCUT2D eigenvalue weighted by atomic mass is 35.5. The first kappa shape index (κ1) is 10.5. The lowest BCUT2D eigenvalue weighted by atomic mass is 9.87. The van der Waals surface area contributed by atoms with E-state index in [2.05, 4.69) is 0 Å². The second kappa shape index (κ2) is 3.66. The molecule has 0 amide bonds. The van der Waals surface area contributed by atoms with Crippen molar-refractivity contribution in [3.63, 3.8) is 0 Å². The highest BCUT2D eigenvalue weighted by molar-refractivity contribution is 5.85. The summed E-state index contributed by atoms with van der Waals surface area (Å²) < 4.78 is 0. The maximum Gasteiger partial charge on any atom is 0.190 e. The maximum atomic E-state index is 9.58. The first-order chi connectivity index (χ1) is 5.70. The number of hydrogen-bond acceptors (Lipinski definition) is 2. The Morgan fingerprint density at radius 3 is 2.54 bits per heavy atom. The lowest BCUT2D eigenvalue weighted by Crippen LogP contribution is -2.29. The Balaban J connectivity index is 0.000000845. The highest BCUT2D eigenvalue weighted by Gasteiger charge is 2.30. The van der Waals surface area contributed by atoms with Crippen LogP contribution in [0, 0.1) is 0 Å². The first-order valence-corrected chi connectivity index (χ1v) is 4.23. The standard InChI is InChI=1S/C10H12O2.ClH/c11-10(12)7-3-5-8-4-1-2-6-9(8)10;/h1-2,4,6,11-12H,3,5,7H2;1H. The Kier molecular flexibility index (Phi) is 2.96. The number of benzene rings is 1. The summed E-state index contributed by atoms with van der Waals surface area (Å²) in [5.74, 6) is -1.59. The Morgan fingerprint density at radius 2 is 1.85 bits per heavy atom. The molecule has 0 spiro atoms. The molecule has 1 aromatic carbocycles. The van der Waals surface area contributed by atoms with Crippen molar-refractivity contribution < 1.29 is 10.2 Å². The summed E-state index contributed by atoms with van der Waals surface area (Å²) in [5.41, 5.74) is 1.74. The van der Waals surface area contributed by atoms with E-state index >= 15 is 0 Å². The average molecular weight is 201 g/mol. The molecule has 0 radical (unpaired) electrons. The van der Waals surface area contributed by atoms with Crippen molar-refractivity contribution in [2.24, 2.45) is 0 Å². The van der Waals surface area contributed by atoms with Crippen LogP contribution in [0.2, 0.25) is 0 Å². The molecule has 0 bridgehead atoms. The molecule has 2 N–H and O–H groups in total. The largest absolute Gasteiger partial charge is 0.362 e.